The van der Waals surface area contributed by atoms with E-state index in [1.165, 1.54) is 4.90 Å². The molecule has 0 aromatic heterocycles. The first-order valence-corrected chi connectivity index (χ1v) is 12.1. The number of nitrogens with zero attached hydrogens (tertiary/aromatic N) is 1. The van der Waals surface area contributed by atoms with Crippen LogP contribution in [0.25, 0.3) is 0 Å². The molecule has 0 N–H and O–H groups in total. The fraction of sp³-hybridized carbons (Fsp3) is 0.200. The number of rotatable bonds is 5. The van der Waals surface area contributed by atoms with Crippen molar-refractivity contribution in [3.63, 3.8) is 0 Å². The second-order valence-electron chi connectivity index (χ2n) is 7.83. The molecule has 0 saturated carbocycles. The zero-order valence-electron chi connectivity index (χ0n) is 17.5. The number of esters is 1. The van der Waals surface area contributed by atoms with Crippen molar-refractivity contribution in [1.82, 2.24) is 0 Å². The van der Waals surface area contributed by atoms with Crippen LogP contribution in [-0.4, -0.2) is 43.9 Å². The quantitative estimate of drug-likeness (QED) is 0.556. The van der Waals surface area contributed by atoms with Crippen molar-refractivity contribution in [3.05, 3.63) is 102 Å². The molecule has 1 saturated heterocycles. The van der Waals surface area contributed by atoms with Gasteiger partial charge in [-0.3, -0.25) is 4.79 Å². The molecule has 6 nitrogen and oxygen atoms in total. The van der Waals surface area contributed by atoms with Crippen LogP contribution < -0.4 is 4.90 Å². The zero-order valence-corrected chi connectivity index (χ0v) is 18.4. The summed E-state index contributed by atoms with van der Waals surface area (Å²) in [5, 5.41) is 0. The molecule has 0 bridgehead atoms. The fourth-order valence-electron chi connectivity index (χ4n) is 3.81. The lowest BCUT2D eigenvalue weighted by Gasteiger charge is -2.32. The number of hydrogen-bond donors (Lipinski definition) is 0. The first kappa shape index (κ1) is 21.8. The Hall–Kier alpha value is -3.45. The normalized spacial score (nSPS) is 19.3. The van der Waals surface area contributed by atoms with Gasteiger partial charge in [0.25, 0.3) is 5.91 Å². The lowest BCUT2D eigenvalue weighted by molar-refractivity contribution is 0.0314. The molecule has 3 aromatic carbocycles. The van der Waals surface area contributed by atoms with E-state index >= 15 is 0 Å². The molecule has 2 atom stereocenters. The van der Waals surface area contributed by atoms with E-state index in [9.17, 15) is 18.0 Å². The van der Waals surface area contributed by atoms with Gasteiger partial charge in [0.1, 0.15) is 6.10 Å². The van der Waals surface area contributed by atoms with Crippen molar-refractivity contribution in [2.45, 2.75) is 19.1 Å². The van der Waals surface area contributed by atoms with Crippen LogP contribution in [0, 0.1) is 6.92 Å². The summed E-state index contributed by atoms with van der Waals surface area (Å²) >= 11 is 0. The lowest BCUT2D eigenvalue weighted by Crippen LogP contribution is -2.48. The average Bonchev–Trinajstić information content (AvgIpc) is 3.09. The maximum Gasteiger partial charge on any atom is 0.338 e. The smallest absolute Gasteiger partial charge is 0.338 e. The molecule has 0 radical (unpaired) electrons. The van der Waals surface area contributed by atoms with E-state index in [4.69, 9.17) is 4.74 Å². The van der Waals surface area contributed by atoms with Gasteiger partial charge in [0, 0.05) is 11.3 Å². The standard InChI is InChI=1S/C25H23NO5S/c1-18-12-14-21(15-13-18)26(24(27)19-8-4-2-5-9-19)22-16-32(29,30)17-23(22)31-25(28)20-10-6-3-7-11-20/h2-15,22-23H,16-17H2,1H3/t22-,23-/m0/s1. The number of carbonyl (C=O) groups excluding carboxylic acids is 2. The largest absolute Gasteiger partial charge is 0.455 e. The van der Waals surface area contributed by atoms with E-state index in [1.807, 2.05) is 19.1 Å². The highest BCUT2D eigenvalue weighted by molar-refractivity contribution is 7.91. The van der Waals surface area contributed by atoms with E-state index in [1.54, 1.807) is 72.8 Å². The van der Waals surface area contributed by atoms with Crippen LogP contribution in [0.5, 0.6) is 0 Å². The van der Waals surface area contributed by atoms with Crippen LogP contribution in [0.3, 0.4) is 0 Å². The third kappa shape index (κ3) is 4.73. The number of anilines is 1. The van der Waals surface area contributed by atoms with E-state index in [0.29, 0.717) is 16.8 Å². The van der Waals surface area contributed by atoms with Gasteiger partial charge in [0.15, 0.2) is 9.84 Å². The van der Waals surface area contributed by atoms with Crippen LogP contribution in [0.4, 0.5) is 5.69 Å². The van der Waals surface area contributed by atoms with Gasteiger partial charge in [-0.25, -0.2) is 13.2 Å². The summed E-state index contributed by atoms with van der Waals surface area (Å²) in [4.78, 5) is 27.6. The highest BCUT2D eigenvalue weighted by atomic mass is 32.2. The van der Waals surface area contributed by atoms with Gasteiger partial charge in [0.05, 0.1) is 23.1 Å². The SMILES string of the molecule is Cc1ccc(N(C(=O)c2ccccc2)[C@H]2CS(=O)(=O)C[C@@H]2OC(=O)c2ccccc2)cc1. The molecule has 0 spiro atoms. The monoisotopic (exact) mass is 449 g/mol. The van der Waals surface area contributed by atoms with Gasteiger partial charge in [-0.15, -0.1) is 0 Å². The first-order chi connectivity index (χ1) is 15.3. The predicted molar refractivity (Wildman–Crippen MR) is 123 cm³/mol. The second-order valence-corrected chi connectivity index (χ2v) is 9.98. The van der Waals surface area contributed by atoms with Gasteiger partial charge in [0.2, 0.25) is 0 Å². The molecule has 4 rings (SSSR count). The lowest BCUT2D eigenvalue weighted by atomic mass is 10.1. The van der Waals surface area contributed by atoms with E-state index < -0.39 is 28.0 Å². The topological polar surface area (TPSA) is 80.8 Å². The highest BCUT2D eigenvalue weighted by Gasteiger charge is 2.46. The number of benzene rings is 3. The van der Waals surface area contributed by atoms with E-state index in [2.05, 4.69) is 0 Å². The second kappa shape index (κ2) is 8.96. The van der Waals surface area contributed by atoms with Crippen molar-refractivity contribution in [2.75, 3.05) is 16.4 Å². The number of ether oxygens (including phenoxy) is 1. The zero-order chi connectivity index (χ0) is 22.7. The van der Waals surface area contributed by atoms with Crippen molar-refractivity contribution < 1.29 is 22.7 Å². The van der Waals surface area contributed by atoms with Crippen molar-refractivity contribution in [1.29, 1.82) is 0 Å². The Bertz CT molecular complexity index is 1210. The van der Waals surface area contributed by atoms with E-state index in [-0.39, 0.29) is 17.4 Å². The summed E-state index contributed by atoms with van der Waals surface area (Å²) in [5.41, 5.74) is 2.30. The highest BCUT2D eigenvalue weighted by Crippen LogP contribution is 2.29. The minimum atomic E-state index is -3.52. The van der Waals surface area contributed by atoms with Gasteiger partial charge in [-0.05, 0) is 43.3 Å². The molecule has 1 heterocycles. The molecule has 1 amide bonds. The number of aryl methyl sites for hydroxylation is 1. The predicted octanol–water partition coefficient (Wildman–Crippen LogP) is 3.66. The molecule has 32 heavy (non-hydrogen) atoms. The molecule has 1 aliphatic heterocycles. The van der Waals surface area contributed by atoms with Gasteiger partial charge < -0.3 is 9.64 Å². The Balaban J connectivity index is 1.72. The van der Waals surface area contributed by atoms with Gasteiger partial charge in [-0.1, -0.05) is 54.1 Å². The van der Waals surface area contributed by atoms with Crippen LogP contribution in [0.1, 0.15) is 26.3 Å². The number of sulfone groups is 1. The Labute approximate surface area is 187 Å². The maximum atomic E-state index is 13.5. The summed E-state index contributed by atoms with van der Waals surface area (Å²) in [6, 6.07) is 23.5. The molecule has 1 fully saturated rings. The van der Waals surface area contributed by atoms with Crippen molar-refractivity contribution in [3.8, 4) is 0 Å². The molecule has 0 aliphatic carbocycles. The third-order valence-electron chi connectivity index (χ3n) is 5.42. The van der Waals surface area contributed by atoms with Gasteiger partial charge >= 0.3 is 5.97 Å². The van der Waals surface area contributed by atoms with Crippen LogP contribution >= 0.6 is 0 Å². The number of hydrogen-bond acceptors (Lipinski definition) is 5. The Morgan fingerprint density at radius 2 is 1.38 bits per heavy atom. The maximum absolute atomic E-state index is 13.5. The summed E-state index contributed by atoms with van der Waals surface area (Å²) in [7, 11) is -3.52. The van der Waals surface area contributed by atoms with Crippen molar-refractivity contribution >= 4 is 27.4 Å². The first-order valence-electron chi connectivity index (χ1n) is 10.3. The minimum Gasteiger partial charge on any atom is -0.455 e. The molecular formula is C25H23NO5S. The van der Waals surface area contributed by atoms with Crippen LogP contribution in [-0.2, 0) is 14.6 Å². The summed E-state index contributed by atoms with van der Waals surface area (Å²) < 4.78 is 30.8. The fourth-order valence-corrected chi connectivity index (χ4v) is 5.63. The number of amides is 1. The van der Waals surface area contributed by atoms with Crippen molar-refractivity contribution in [2.24, 2.45) is 0 Å². The summed E-state index contributed by atoms with van der Waals surface area (Å²) in [6.07, 6.45) is -0.985. The number of carbonyl (C=O) groups is 2. The molecule has 7 heteroatoms. The molecular weight excluding hydrogens is 426 g/mol. The molecule has 1 aliphatic rings. The Kier molecular flexibility index (Phi) is 6.10. The Morgan fingerprint density at radius 1 is 0.812 bits per heavy atom. The van der Waals surface area contributed by atoms with Crippen LogP contribution in [0.15, 0.2) is 84.9 Å². The minimum absolute atomic E-state index is 0.286. The van der Waals surface area contributed by atoms with Gasteiger partial charge in [-0.2, -0.15) is 0 Å². The molecule has 3 aromatic rings. The van der Waals surface area contributed by atoms with Crippen LogP contribution in [0.2, 0.25) is 0 Å². The average molecular weight is 450 g/mol. The van der Waals surface area contributed by atoms with E-state index in [0.717, 1.165) is 5.56 Å². The summed E-state index contributed by atoms with van der Waals surface area (Å²) in [6.45, 7) is 1.93. The Morgan fingerprint density at radius 3 is 1.97 bits per heavy atom. The molecule has 0 unspecified atom stereocenters. The molecule has 164 valence electrons. The summed E-state index contributed by atoms with van der Waals surface area (Å²) in [5.74, 6) is -1.58. The third-order valence-corrected chi connectivity index (χ3v) is 7.11.